The predicted molar refractivity (Wildman–Crippen MR) is 85.2 cm³/mol. The molecule has 3 rings (SSSR count). The Balaban J connectivity index is 1.93. The van der Waals surface area contributed by atoms with Crippen LogP contribution in [0.4, 0.5) is 5.82 Å². The fraction of sp³-hybridized carbons (Fsp3) is 0.333. The van der Waals surface area contributed by atoms with Crippen molar-refractivity contribution in [1.82, 2.24) is 24.5 Å². The minimum absolute atomic E-state index is 0.409. The van der Waals surface area contributed by atoms with E-state index in [1.54, 1.807) is 17.7 Å². The Kier molecular flexibility index (Phi) is 3.73. The van der Waals surface area contributed by atoms with Gasteiger partial charge >= 0.3 is 5.97 Å². The standard InChI is InChI=1S/C15H18N6O2/c1-8-9(2)20-12(19-8)6-16-13-10-5-11(15(22)23-4)21(3)14(10)18-7-17-13/h5,7H,6H2,1-4H3,(H,19,20)(H,16,17,18). The van der Waals surface area contributed by atoms with Crippen molar-refractivity contribution in [2.24, 2.45) is 7.05 Å². The van der Waals surface area contributed by atoms with Crippen molar-refractivity contribution in [3.63, 3.8) is 0 Å². The predicted octanol–water partition coefficient (Wildman–Crippen LogP) is 1.71. The second-order valence-electron chi connectivity index (χ2n) is 5.29. The molecule has 0 bridgehead atoms. The van der Waals surface area contributed by atoms with E-state index in [2.05, 4.69) is 25.3 Å². The Bertz CT molecular complexity index is 860. The number of rotatable bonds is 4. The van der Waals surface area contributed by atoms with Gasteiger partial charge in [0.2, 0.25) is 0 Å². The van der Waals surface area contributed by atoms with E-state index in [1.165, 1.54) is 13.4 Å². The summed E-state index contributed by atoms with van der Waals surface area (Å²) in [6.45, 7) is 4.44. The van der Waals surface area contributed by atoms with Crippen LogP contribution in [0.25, 0.3) is 11.0 Å². The van der Waals surface area contributed by atoms with Gasteiger partial charge in [-0.05, 0) is 19.9 Å². The molecule has 0 unspecified atom stereocenters. The lowest BCUT2D eigenvalue weighted by molar-refractivity contribution is 0.0590. The number of imidazole rings is 1. The number of hydrogen-bond donors (Lipinski definition) is 2. The van der Waals surface area contributed by atoms with Crippen molar-refractivity contribution < 1.29 is 9.53 Å². The molecule has 0 spiro atoms. The molecule has 23 heavy (non-hydrogen) atoms. The second kappa shape index (κ2) is 5.71. The molecule has 8 heteroatoms. The third-order valence-corrected chi connectivity index (χ3v) is 3.82. The molecule has 120 valence electrons. The average molecular weight is 314 g/mol. The highest BCUT2D eigenvalue weighted by molar-refractivity contribution is 5.97. The molecular formula is C15H18N6O2. The van der Waals surface area contributed by atoms with Crippen LogP contribution in [0.15, 0.2) is 12.4 Å². The lowest BCUT2D eigenvalue weighted by Gasteiger charge is -2.05. The molecule has 0 radical (unpaired) electrons. The highest BCUT2D eigenvalue weighted by Crippen LogP contribution is 2.23. The van der Waals surface area contributed by atoms with E-state index in [9.17, 15) is 4.79 Å². The maximum absolute atomic E-state index is 11.8. The molecule has 0 saturated heterocycles. The first kappa shape index (κ1) is 15.0. The van der Waals surface area contributed by atoms with Gasteiger partial charge in [0.15, 0.2) is 0 Å². The summed E-state index contributed by atoms with van der Waals surface area (Å²) in [6, 6.07) is 1.72. The normalized spacial score (nSPS) is 11.0. The number of carbonyl (C=O) groups is 1. The van der Waals surface area contributed by atoms with Crippen LogP contribution in [-0.2, 0) is 18.3 Å². The van der Waals surface area contributed by atoms with E-state index in [1.807, 2.05) is 13.8 Å². The molecule has 0 aliphatic rings. The quantitative estimate of drug-likeness (QED) is 0.711. The maximum atomic E-state index is 11.8. The van der Waals surface area contributed by atoms with Gasteiger partial charge in [-0.25, -0.2) is 19.7 Å². The molecule has 0 amide bonds. The van der Waals surface area contributed by atoms with Crippen molar-refractivity contribution in [2.45, 2.75) is 20.4 Å². The van der Waals surface area contributed by atoms with Crippen LogP contribution in [0.2, 0.25) is 0 Å². The summed E-state index contributed by atoms with van der Waals surface area (Å²) in [5.41, 5.74) is 3.11. The second-order valence-corrected chi connectivity index (χ2v) is 5.29. The summed E-state index contributed by atoms with van der Waals surface area (Å²) >= 11 is 0. The van der Waals surface area contributed by atoms with Crippen molar-refractivity contribution in [2.75, 3.05) is 12.4 Å². The van der Waals surface area contributed by atoms with E-state index in [4.69, 9.17) is 4.74 Å². The summed E-state index contributed by atoms with van der Waals surface area (Å²) in [4.78, 5) is 27.9. The zero-order chi connectivity index (χ0) is 16.6. The number of H-pyrrole nitrogens is 1. The molecule has 0 aromatic carbocycles. The number of methoxy groups -OCH3 is 1. The van der Waals surface area contributed by atoms with Gasteiger partial charge < -0.3 is 19.6 Å². The van der Waals surface area contributed by atoms with Gasteiger partial charge in [0, 0.05) is 12.7 Å². The summed E-state index contributed by atoms with van der Waals surface area (Å²) < 4.78 is 6.48. The number of nitrogens with one attached hydrogen (secondary N) is 2. The molecule has 0 fully saturated rings. The van der Waals surface area contributed by atoms with Gasteiger partial charge in [-0.3, -0.25) is 0 Å². The number of aryl methyl sites for hydroxylation is 3. The number of nitrogens with zero attached hydrogens (tertiary/aromatic N) is 4. The number of aromatic amines is 1. The maximum Gasteiger partial charge on any atom is 0.354 e. The first-order valence-corrected chi connectivity index (χ1v) is 7.16. The monoisotopic (exact) mass is 314 g/mol. The molecule has 0 saturated carbocycles. The van der Waals surface area contributed by atoms with Gasteiger partial charge in [0.25, 0.3) is 0 Å². The molecule has 8 nitrogen and oxygen atoms in total. The number of carbonyl (C=O) groups excluding carboxylic acids is 1. The summed E-state index contributed by atoms with van der Waals surface area (Å²) in [5.74, 6) is 1.07. The lowest BCUT2D eigenvalue weighted by atomic mass is 10.3. The van der Waals surface area contributed by atoms with Crippen molar-refractivity contribution in [3.05, 3.63) is 35.3 Å². The molecule has 0 aliphatic heterocycles. The number of ether oxygens (including phenoxy) is 1. The highest BCUT2D eigenvalue weighted by atomic mass is 16.5. The lowest BCUT2D eigenvalue weighted by Crippen LogP contribution is -2.07. The topological polar surface area (TPSA) is 97.7 Å². The van der Waals surface area contributed by atoms with E-state index < -0.39 is 5.97 Å². The fourth-order valence-corrected chi connectivity index (χ4v) is 2.45. The minimum Gasteiger partial charge on any atom is -0.464 e. The first-order valence-electron chi connectivity index (χ1n) is 7.16. The Morgan fingerprint density at radius 1 is 1.39 bits per heavy atom. The van der Waals surface area contributed by atoms with Crippen LogP contribution in [0.5, 0.6) is 0 Å². The van der Waals surface area contributed by atoms with E-state index in [0.29, 0.717) is 23.7 Å². The molecule has 0 atom stereocenters. The van der Waals surface area contributed by atoms with Crippen LogP contribution in [0.1, 0.15) is 27.7 Å². The van der Waals surface area contributed by atoms with Gasteiger partial charge in [0.05, 0.1) is 24.7 Å². The average Bonchev–Trinajstić information content (AvgIpc) is 3.05. The molecule has 3 heterocycles. The van der Waals surface area contributed by atoms with Crippen LogP contribution < -0.4 is 5.32 Å². The molecule has 2 N–H and O–H groups in total. The fourth-order valence-electron chi connectivity index (χ4n) is 2.45. The first-order chi connectivity index (χ1) is 11.0. The van der Waals surface area contributed by atoms with Crippen LogP contribution >= 0.6 is 0 Å². The highest BCUT2D eigenvalue weighted by Gasteiger charge is 2.17. The van der Waals surface area contributed by atoms with Gasteiger partial charge in [-0.15, -0.1) is 0 Å². The number of hydrogen-bond acceptors (Lipinski definition) is 6. The zero-order valence-corrected chi connectivity index (χ0v) is 13.5. The van der Waals surface area contributed by atoms with Gasteiger partial charge in [-0.1, -0.05) is 0 Å². The number of fused-ring (bicyclic) bond motifs is 1. The van der Waals surface area contributed by atoms with Crippen molar-refractivity contribution >= 4 is 22.8 Å². The summed E-state index contributed by atoms with van der Waals surface area (Å²) in [6.07, 6.45) is 1.46. The van der Waals surface area contributed by atoms with Gasteiger partial charge in [-0.2, -0.15) is 0 Å². The van der Waals surface area contributed by atoms with E-state index >= 15 is 0 Å². The SMILES string of the molecule is COC(=O)c1cc2c(NCc3nc(C)c(C)[nH]3)ncnc2n1C. The Morgan fingerprint density at radius 2 is 2.17 bits per heavy atom. The Labute approximate surface area is 132 Å². The summed E-state index contributed by atoms with van der Waals surface area (Å²) in [5, 5.41) is 3.99. The third kappa shape index (κ3) is 2.63. The Morgan fingerprint density at radius 3 is 2.83 bits per heavy atom. The molecular weight excluding hydrogens is 296 g/mol. The Hall–Kier alpha value is -2.90. The smallest absolute Gasteiger partial charge is 0.354 e. The van der Waals surface area contributed by atoms with E-state index in [0.717, 1.165) is 22.6 Å². The number of anilines is 1. The zero-order valence-electron chi connectivity index (χ0n) is 13.5. The largest absolute Gasteiger partial charge is 0.464 e. The van der Waals surface area contributed by atoms with Crippen LogP contribution in [0, 0.1) is 13.8 Å². The van der Waals surface area contributed by atoms with Crippen LogP contribution in [-0.4, -0.2) is 37.6 Å². The molecule has 3 aromatic rings. The van der Waals surface area contributed by atoms with Gasteiger partial charge in [0.1, 0.15) is 29.3 Å². The van der Waals surface area contributed by atoms with Crippen molar-refractivity contribution in [1.29, 1.82) is 0 Å². The number of aromatic nitrogens is 5. The van der Waals surface area contributed by atoms with E-state index in [-0.39, 0.29) is 0 Å². The van der Waals surface area contributed by atoms with Crippen LogP contribution in [0.3, 0.4) is 0 Å². The summed E-state index contributed by atoms with van der Waals surface area (Å²) in [7, 11) is 3.12. The third-order valence-electron chi connectivity index (χ3n) is 3.82. The van der Waals surface area contributed by atoms with Crippen molar-refractivity contribution in [3.8, 4) is 0 Å². The molecule has 3 aromatic heterocycles. The number of esters is 1. The minimum atomic E-state index is -0.409. The molecule has 0 aliphatic carbocycles.